The molecule has 2 aromatic rings. The molecule has 7 nitrogen and oxygen atoms in total. The second-order valence-electron chi connectivity index (χ2n) is 5.70. The van der Waals surface area contributed by atoms with E-state index in [9.17, 15) is 9.59 Å². The van der Waals surface area contributed by atoms with Crippen LogP contribution in [0.4, 0.5) is 5.82 Å². The fraction of sp³-hybridized carbons (Fsp3) is 0.316. The Kier molecular flexibility index (Phi) is 5.80. The maximum Gasteiger partial charge on any atom is 0.340 e. The zero-order valence-corrected chi connectivity index (χ0v) is 14.5. The van der Waals surface area contributed by atoms with Crippen LogP contribution >= 0.6 is 0 Å². The van der Waals surface area contributed by atoms with Gasteiger partial charge in [-0.3, -0.25) is 4.79 Å². The first-order valence-corrected chi connectivity index (χ1v) is 8.31. The van der Waals surface area contributed by atoms with Crippen molar-refractivity contribution in [2.45, 2.75) is 0 Å². The highest BCUT2D eigenvalue weighted by Gasteiger charge is 2.17. The standard InChI is InChI=1S/C19H20N2O5/c1-24-17-5-3-2-4-15(17)16(22)13-26-19(23)14-6-7-18(20-12-14)21-8-10-25-11-9-21/h2-7,12H,8-11,13H2,1H3. The monoisotopic (exact) mass is 356 g/mol. The molecule has 26 heavy (non-hydrogen) atoms. The smallest absolute Gasteiger partial charge is 0.340 e. The second-order valence-corrected chi connectivity index (χ2v) is 5.70. The molecule has 1 aliphatic heterocycles. The van der Waals surface area contributed by atoms with Crippen molar-refractivity contribution in [1.82, 2.24) is 4.98 Å². The topological polar surface area (TPSA) is 78.0 Å². The van der Waals surface area contributed by atoms with E-state index in [2.05, 4.69) is 9.88 Å². The number of esters is 1. The third-order valence-electron chi connectivity index (χ3n) is 4.06. The number of morpholine rings is 1. The lowest BCUT2D eigenvalue weighted by atomic mass is 10.1. The van der Waals surface area contributed by atoms with Gasteiger partial charge in [-0.1, -0.05) is 12.1 Å². The molecule has 1 aromatic heterocycles. The summed E-state index contributed by atoms with van der Waals surface area (Å²) in [6.07, 6.45) is 1.46. The van der Waals surface area contributed by atoms with Crippen molar-refractivity contribution in [3.05, 3.63) is 53.7 Å². The van der Waals surface area contributed by atoms with Crippen LogP contribution in [0.2, 0.25) is 0 Å². The summed E-state index contributed by atoms with van der Waals surface area (Å²) in [5, 5.41) is 0. The average Bonchev–Trinajstić information content (AvgIpc) is 2.72. The number of methoxy groups -OCH3 is 1. The van der Waals surface area contributed by atoms with E-state index in [1.165, 1.54) is 13.3 Å². The fourth-order valence-electron chi connectivity index (χ4n) is 2.65. The van der Waals surface area contributed by atoms with E-state index < -0.39 is 5.97 Å². The lowest BCUT2D eigenvalue weighted by Gasteiger charge is -2.27. The van der Waals surface area contributed by atoms with Gasteiger partial charge in [0.15, 0.2) is 6.61 Å². The van der Waals surface area contributed by atoms with Gasteiger partial charge in [0, 0.05) is 19.3 Å². The number of aromatic nitrogens is 1. The Morgan fingerprint density at radius 1 is 1.15 bits per heavy atom. The van der Waals surface area contributed by atoms with Crippen molar-refractivity contribution < 1.29 is 23.8 Å². The molecule has 1 aliphatic rings. The summed E-state index contributed by atoms with van der Waals surface area (Å²) in [5.41, 5.74) is 0.679. The van der Waals surface area contributed by atoms with Crippen LogP contribution in [0, 0.1) is 0 Å². The van der Waals surface area contributed by atoms with E-state index in [1.807, 2.05) is 0 Å². The van der Waals surface area contributed by atoms with Crippen LogP contribution in [-0.4, -0.2) is 56.8 Å². The van der Waals surface area contributed by atoms with Crippen LogP contribution < -0.4 is 9.64 Å². The number of ether oxygens (including phenoxy) is 3. The summed E-state index contributed by atoms with van der Waals surface area (Å²) in [6.45, 7) is 2.51. The van der Waals surface area contributed by atoms with Crippen LogP contribution in [0.1, 0.15) is 20.7 Å². The molecule has 3 rings (SSSR count). The molecule has 2 heterocycles. The number of nitrogens with zero attached hydrogens (tertiary/aromatic N) is 2. The molecule has 0 saturated carbocycles. The zero-order chi connectivity index (χ0) is 18.4. The fourth-order valence-corrected chi connectivity index (χ4v) is 2.65. The molecular weight excluding hydrogens is 336 g/mol. The van der Waals surface area contributed by atoms with Crippen molar-refractivity contribution >= 4 is 17.6 Å². The van der Waals surface area contributed by atoms with E-state index >= 15 is 0 Å². The normalized spacial score (nSPS) is 14.0. The van der Waals surface area contributed by atoms with Crippen molar-refractivity contribution in [2.75, 3.05) is 44.9 Å². The van der Waals surface area contributed by atoms with Gasteiger partial charge in [0.25, 0.3) is 0 Å². The minimum absolute atomic E-state index is 0.301. The van der Waals surface area contributed by atoms with Gasteiger partial charge in [0.2, 0.25) is 5.78 Å². The molecule has 0 spiro atoms. The molecular formula is C19H20N2O5. The van der Waals surface area contributed by atoms with Gasteiger partial charge >= 0.3 is 5.97 Å². The number of carbonyl (C=O) groups is 2. The minimum Gasteiger partial charge on any atom is -0.496 e. The Bertz CT molecular complexity index is 770. The van der Waals surface area contributed by atoms with Gasteiger partial charge in [-0.25, -0.2) is 9.78 Å². The zero-order valence-electron chi connectivity index (χ0n) is 14.5. The molecule has 0 radical (unpaired) electrons. The molecule has 1 saturated heterocycles. The van der Waals surface area contributed by atoms with Crippen LogP contribution in [0.5, 0.6) is 5.75 Å². The number of ketones is 1. The molecule has 0 bridgehead atoms. The molecule has 7 heteroatoms. The number of benzene rings is 1. The maximum atomic E-state index is 12.2. The highest BCUT2D eigenvalue weighted by molar-refractivity contribution is 6.01. The van der Waals surface area contributed by atoms with Crippen molar-refractivity contribution in [2.24, 2.45) is 0 Å². The Balaban J connectivity index is 1.58. The molecule has 0 N–H and O–H groups in total. The Morgan fingerprint density at radius 2 is 1.92 bits per heavy atom. The van der Waals surface area contributed by atoms with E-state index in [0.717, 1.165) is 18.9 Å². The Hall–Kier alpha value is -2.93. The number of rotatable bonds is 6. The number of para-hydroxylation sites is 1. The van der Waals surface area contributed by atoms with E-state index in [-0.39, 0.29) is 12.4 Å². The first-order valence-electron chi connectivity index (χ1n) is 8.31. The number of hydrogen-bond donors (Lipinski definition) is 0. The molecule has 0 atom stereocenters. The van der Waals surface area contributed by atoms with Crippen LogP contribution in [0.25, 0.3) is 0 Å². The Labute approximate surface area is 151 Å². The number of carbonyl (C=O) groups excluding carboxylic acids is 2. The Morgan fingerprint density at radius 3 is 2.62 bits per heavy atom. The van der Waals surface area contributed by atoms with Gasteiger partial charge in [0.05, 0.1) is 31.5 Å². The lowest BCUT2D eigenvalue weighted by Crippen LogP contribution is -2.36. The summed E-state index contributed by atoms with van der Waals surface area (Å²) >= 11 is 0. The predicted molar refractivity (Wildman–Crippen MR) is 94.9 cm³/mol. The number of anilines is 1. The minimum atomic E-state index is -0.589. The van der Waals surface area contributed by atoms with Gasteiger partial charge in [0.1, 0.15) is 11.6 Å². The first-order chi connectivity index (χ1) is 12.7. The third kappa shape index (κ3) is 4.18. The number of Topliss-reactive ketones (excluding diaryl/α,β-unsaturated/α-hetero) is 1. The average molecular weight is 356 g/mol. The summed E-state index contributed by atoms with van der Waals surface area (Å²) in [4.78, 5) is 30.8. The third-order valence-corrected chi connectivity index (χ3v) is 4.06. The van der Waals surface area contributed by atoms with Crippen molar-refractivity contribution in [1.29, 1.82) is 0 Å². The van der Waals surface area contributed by atoms with Crippen LogP contribution in [0.3, 0.4) is 0 Å². The van der Waals surface area contributed by atoms with Crippen molar-refractivity contribution in [3.8, 4) is 5.75 Å². The number of hydrogen-bond acceptors (Lipinski definition) is 7. The maximum absolute atomic E-state index is 12.2. The summed E-state index contributed by atoms with van der Waals surface area (Å²) in [7, 11) is 1.49. The van der Waals surface area contributed by atoms with Crippen molar-refractivity contribution in [3.63, 3.8) is 0 Å². The highest BCUT2D eigenvalue weighted by Crippen LogP contribution is 2.18. The lowest BCUT2D eigenvalue weighted by molar-refractivity contribution is 0.0473. The van der Waals surface area contributed by atoms with Gasteiger partial charge in [-0.15, -0.1) is 0 Å². The van der Waals surface area contributed by atoms with Gasteiger partial charge < -0.3 is 19.1 Å². The van der Waals surface area contributed by atoms with E-state index in [0.29, 0.717) is 30.1 Å². The largest absolute Gasteiger partial charge is 0.496 e. The summed E-state index contributed by atoms with van der Waals surface area (Å²) in [5.74, 6) is 0.322. The molecule has 136 valence electrons. The summed E-state index contributed by atoms with van der Waals surface area (Å²) < 4.78 is 15.6. The van der Waals surface area contributed by atoms with E-state index in [4.69, 9.17) is 14.2 Å². The molecule has 0 amide bonds. The molecule has 0 unspecified atom stereocenters. The first kappa shape index (κ1) is 17.9. The quantitative estimate of drug-likeness (QED) is 0.578. The van der Waals surface area contributed by atoms with Crippen LogP contribution in [-0.2, 0) is 9.47 Å². The SMILES string of the molecule is COc1ccccc1C(=O)COC(=O)c1ccc(N2CCOCC2)nc1. The molecule has 1 fully saturated rings. The summed E-state index contributed by atoms with van der Waals surface area (Å²) in [6, 6.07) is 10.2. The predicted octanol–water partition coefficient (Wildman–Crippen LogP) is 1.97. The van der Waals surface area contributed by atoms with E-state index in [1.54, 1.807) is 36.4 Å². The second kappa shape index (κ2) is 8.44. The highest BCUT2D eigenvalue weighted by atomic mass is 16.5. The van der Waals surface area contributed by atoms with Gasteiger partial charge in [-0.2, -0.15) is 0 Å². The molecule has 1 aromatic carbocycles. The van der Waals surface area contributed by atoms with Crippen LogP contribution in [0.15, 0.2) is 42.6 Å². The molecule has 0 aliphatic carbocycles. The number of pyridine rings is 1. The van der Waals surface area contributed by atoms with Gasteiger partial charge in [-0.05, 0) is 24.3 Å².